The van der Waals surface area contributed by atoms with Crippen LogP contribution in [0.3, 0.4) is 0 Å². The first-order valence-electron chi connectivity index (χ1n) is 11.5. The van der Waals surface area contributed by atoms with Crippen molar-refractivity contribution in [1.82, 2.24) is 20.0 Å². The van der Waals surface area contributed by atoms with E-state index in [0.717, 1.165) is 38.6 Å². The van der Waals surface area contributed by atoms with Gasteiger partial charge in [0.05, 0.1) is 26.3 Å². The monoisotopic (exact) mass is 482 g/mol. The number of rotatable bonds is 7. The summed E-state index contributed by atoms with van der Waals surface area (Å²) in [4.78, 5) is 16.6. The molecule has 1 spiro atoms. The number of nitrogens with zero attached hydrogens (tertiary/aromatic N) is 4. The minimum absolute atomic E-state index is 0.0978. The largest absolute Gasteiger partial charge is 0.487 e. The number of alkyl halides is 2. The maximum absolute atomic E-state index is 12.7. The molecule has 35 heavy (non-hydrogen) atoms. The Morgan fingerprint density at radius 1 is 1.06 bits per heavy atom. The number of hydrogen-bond acceptors (Lipinski definition) is 7. The highest BCUT2D eigenvalue weighted by Crippen LogP contribution is 2.38. The highest BCUT2D eigenvalue weighted by Gasteiger charge is 2.48. The summed E-state index contributed by atoms with van der Waals surface area (Å²) < 4.78 is 42.2. The lowest BCUT2D eigenvalue weighted by Gasteiger charge is -2.55. The Hall–Kier alpha value is -3.37. The zero-order chi connectivity index (χ0) is 24.0. The normalized spacial score (nSPS) is 19.3. The van der Waals surface area contributed by atoms with Crippen molar-refractivity contribution in [3.8, 4) is 17.2 Å². The summed E-state index contributed by atoms with van der Waals surface area (Å²) in [5.41, 5.74) is 2.04. The van der Waals surface area contributed by atoms with Gasteiger partial charge in [0, 0.05) is 36.2 Å². The van der Waals surface area contributed by atoms with Crippen LogP contribution < -0.4 is 4.74 Å². The summed E-state index contributed by atoms with van der Waals surface area (Å²) in [7, 11) is 0. The zero-order valence-electron chi connectivity index (χ0n) is 18.9. The quantitative estimate of drug-likeness (QED) is 0.511. The molecule has 0 N–H and O–H groups in total. The van der Waals surface area contributed by atoms with Crippen LogP contribution in [0.2, 0.25) is 0 Å². The summed E-state index contributed by atoms with van der Waals surface area (Å²) in [6, 6.07) is 13.6. The van der Waals surface area contributed by atoms with Gasteiger partial charge < -0.3 is 18.8 Å². The van der Waals surface area contributed by atoms with Gasteiger partial charge in [0.1, 0.15) is 11.9 Å². The third-order valence-corrected chi connectivity index (χ3v) is 6.72. The van der Waals surface area contributed by atoms with Gasteiger partial charge in [-0.2, -0.15) is 0 Å². The second-order valence-electron chi connectivity index (χ2n) is 9.57. The van der Waals surface area contributed by atoms with Crippen molar-refractivity contribution in [3.05, 3.63) is 65.5 Å². The Bertz CT molecular complexity index is 1200. The molecule has 4 heterocycles. The molecule has 3 saturated heterocycles. The summed E-state index contributed by atoms with van der Waals surface area (Å²) in [6.07, 6.45) is -2.66. The number of halogens is 2. The zero-order valence-corrected chi connectivity index (χ0v) is 18.9. The number of likely N-dealkylation sites (tertiary alicyclic amines) is 2. The van der Waals surface area contributed by atoms with Crippen molar-refractivity contribution in [2.45, 2.75) is 19.1 Å². The van der Waals surface area contributed by atoms with Gasteiger partial charge in [-0.25, -0.2) is 8.78 Å². The summed E-state index contributed by atoms with van der Waals surface area (Å²) >= 11 is 0. The van der Waals surface area contributed by atoms with Gasteiger partial charge in [0.15, 0.2) is 0 Å². The fourth-order valence-corrected chi connectivity index (χ4v) is 4.72. The first-order valence-corrected chi connectivity index (χ1v) is 11.5. The first kappa shape index (κ1) is 22.1. The molecule has 6 rings (SSSR count). The number of hydrogen-bond donors (Lipinski definition) is 0. The number of carbonyl (C=O) groups excluding carboxylic acids is 1. The SMILES string of the molecule is O=C(c1nnc(-c2ccc(C(F)F)cc2)o1)N1CC(Oc2ccc(CN3CC4(COC4)C3)cc2)C1. The maximum atomic E-state index is 12.7. The van der Waals surface area contributed by atoms with Crippen LogP contribution in [-0.4, -0.2) is 71.4 Å². The van der Waals surface area contributed by atoms with E-state index in [9.17, 15) is 13.6 Å². The lowest BCUT2D eigenvalue weighted by molar-refractivity contribution is -0.191. The van der Waals surface area contributed by atoms with E-state index in [0.29, 0.717) is 24.1 Å². The predicted octanol–water partition coefficient (Wildman–Crippen LogP) is 3.41. The van der Waals surface area contributed by atoms with Gasteiger partial charge in [-0.1, -0.05) is 24.3 Å². The standard InChI is InChI=1S/C25H24F2N4O4/c26-21(27)17-3-5-18(6-4-17)22-28-29-23(35-22)24(32)31-10-20(11-31)34-19-7-1-16(2-8-19)9-30-12-25(13-30)14-33-15-25/h1-8,20-21H,9-15H2. The van der Waals surface area contributed by atoms with Crippen LogP contribution in [0, 0.1) is 5.41 Å². The molecule has 2 aromatic carbocycles. The van der Waals surface area contributed by atoms with Crippen LogP contribution in [0.15, 0.2) is 52.9 Å². The summed E-state index contributed by atoms with van der Waals surface area (Å²) in [6.45, 7) is 5.74. The third-order valence-electron chi connectivity index (χ3n) is 6.72. The molecule has 3 aliphatic heterocycles. The molecular formula is C25H24F2N4O4. The van der Waals surface area contributed by atoms with Crippen LogP contribution in [0.4, 0.5) is 8.78 Å². The second-order valence-corrected chi connectivity index (χ2v) is 9.57. The molecule has 3 fully saturated rings. The van der Waals surface area contributed by atoms with Crippen molar-refractivity contribution >= 4 is 5.91 Å². The van der Waals surface area contributed by atoms with Gasteiger partial charge in [-0.3, -0.25) is 9.69 Å². The highest BCUT2D eigenvalue weighted by atomic mass is 19.3. The molecule has 0 unspecified atom stereocenters. The second kappa shape index (κ2) is 8.69. The number of carbonyl (C=O) groups is 1. The number of benzene rings is 2. The number of amides is 1. The lowest BCUT2D eigenvalue weighted by atomic mass is 9.78. The van der Waals surface area contributed by atoms with E-state index in [1.54, 1.807) is 4.90 Å². The van der Waals surface area contributed by atoms with Crippen LogP contribution in [0.5, 0.6) is 5.75 Å². The van der Waals surface area contributed by atoms with Crippen LogP contribution in [0.1, 0.15) is 28.2 Å². The highest BCUT2D eigenvalue weighted by molar-refractivity contribution is 5.90. The molecular weight excluding hydrogens is 458 g/mol. The maximum Gasteiger partial charge on any atom is 0.311 e. The van der Waals surface area contributed by atoms with Crippen molar-refractivity contribution in [1.29, 1.82) is 0 Å². The average molecular weight is 482 g/mol. The van der Waals surface area contributed by atoms with E-state index in [1.165, 1.54) is 29.8 Å². The molecule has 0 radical (unpaired) electrons. The molecule has 1 amide bonds. The van der Waals surface area contributed by atoms with Crippen molar-refractivity contribution in [2.24, 2.45) is 5.41 Å². The molecule has 0 bridgehead atoms. The van der Waals surface area contributed by atoms with Crippen LogP contribution in [0.25, 0.3) is 11.5 Å². The van der Waals surface area contributed by atoms with Crippen LogP contribution >= 0.6 is 0 Å². The molecule has 0 saturated carbocycles. The van der Waals surface area contributed by atoms with Crippen molar-refractivity contribution in [3.63, 3.8) is 0 Å². The topological polar surface area (TPSA) is 80.9 Å². The fraction of sp³-hybridized carbons (Fsp3) is 0.400. The minimum Gasteiger partial charge on any atom is -0.487 e. The smallest absolute Gasteiger partial charge is 0.311 e. The number of aromatic nitrogens is 2. The number of ether oxygens (including phenoxy) is 2. The molecule has 10 heteroatoms. The van der Waals surface area contributed by atoms with Gasteiger partial charge in [-0.15, -0.1) is 10.2 Å². The van der Waals surface area contributed by atoms with Crippen molar-refractivity contribution < 1.29 is 27.5 Å². The molecule has 0 atom stereocenters. The van der Waals surface area contributed by atoms with E-state index in [1.807, 2.05) is 12.1 Å². The Morgan fingerprint density at radius 2 is 1.77 bits per heavy atom. The van der Waals surface area contributed by atoms with E-state index in [2.05, 4.69) is 27.2 Å². The van der Waals surface area contributed by atoms with E-state index < -0.39 is 6.43 Å². The predicted molar refractivity (Wildman–Crippen MR) is 120 cm³/mol. The van der Waals surface area contributed by atoms with E-state index in [-0.39, 0.29) is 29.4 Å². The Morgan fingerprint density at radius 3 is 2.40 bits per heavy atom. The minimum atomic E-state index is -2.55. The fourth-order valence-electron chi connectivity index (χ4n) is 4.72. The van der Waals surface area contributed by atoms with Gasteiger partial charge in [-0.05, 0) is 29.8 Å². The van der Waals surface area contributed by atoms with Gasteiger partial charge in [0.25, 0.3) is 6.43 Å². The first-order chi connectivity index (χ1) is 17.0. The Labute approximate surface area is 200 Å². The Balaban J connectivity index is 0.976. The van der Waals surface area contributed by atoms with Crippen LogP contribution in [-0.2, 0) is 11.3 Å². The molecule has 8 nitrogen and oxygen atoms in total. The summed E-state index contributed by atoms with van der Waals surface area (Å²) in [5, 5.41) is 7.69. The molecule has 0 aliphatic carbocycles. The van der Waals surface area contributed by atoms with E-state index in [4.69, 9.17) is 13.9 Å². The molecule has 3 aliphatic rings. The molecule has 1 aromatic heterocycles. The van der Waals surface area contributed by atoms with Gasteiger partial charge >= 0.3 is 11.8 Å². The lowest BCUT2D eigenvalue weighted by Crippen LogP contribution is -2.65. The van der Waals surface area contributed by atoms with Crippen molar-refractivity contribution in [2.75, 3.05) is 39.4 Å². The molecule has 182 valence electrons. The van der Waals surface area contributed by atoms with E-state index >= 15 is 0 Å². The molecule has 3 aromatic rings. The van der Waals surface area contributed by atoms with Gasteiger partial charge in [0.2, 0.25) is 5.89 Å². The third kappa shape index (κ3) is 4.39. The Kier molecular flexibility index (Phi) is 5.49. The average Bonchev–Trinajstić information content (AvgIpc) is 3.28. The summed E-state index contributed by atoms with van der Waals surface area (Å²) in [5.74, 6) is 0.358.